The van der Waals surface area contributed by atoms with E-state index in [1.165, 1.54) is 4.90 Å². The van der Waals surface area contributed by atoms with Crippen molar-refractivity contribution in [2.75, 3.05) is 19.6 Å². The lowest BCUT2D eigenvalue weighted by Crippen LogP contribution is -2.48. The largest absolute Gasteiger partial charge is 0.416 e. The van der Waals surface area contributed by atoms with Crippen LogP contribution in [0.3, 0.4) is 0 Å². The molecule has 1 saturated carbocycles. The Labute approximate surface area is 166 Å². The fourth-order valence-corrected chi connectivity index (χ4v) is 4.18. The zero-order valence-corrected chi connectivity index (χ0v) is 16.4. The lowest BCUT2D eigenvalue weighted by atomic mass is 9.97. The Morgan fingerprint density at radius 3 is 2.55 bits per heavy atom. The molecule has 1 saturated heterocycles. The molecule has 3 rings (SSSR count). The maximum atomic E-state index is 12.8. The van der Waals surface area contributed by atoms with E-state index in [9.17, 15) is 31.2 Å². The van der Waals surface area contributed by atoms with Crippen molar-refractivity contribution in [1.29, 1.82) is 0 Å². The zero-order chi connectivity index (χ0) is 21.2. The number of hydrogen-bond donors (Lipinski definition) is 2. The molecule has 1 unspecified atom stereocenters. The summed E-state index contributed by atoms with van der Waals surface area (Å²) in [5, 5.41) is 2.90. The average Bonchev–Trinajstić information content (AvgIpc) is 3.49. The summed E-state index contributed by atoms with van der Waals surface area (Å²) in [5.41, 5.74) is -1.09. The first-order valence-electron chi connectivity index (χ1n) is 9.31. The Hall–Kier alpha value is -2.14. The number of benzene rings is 1. The first-order valence-corrected chi connectivity index (χ1v) is 10.8. The quantitative estimate of drug-likeness (QED) is 0.711. The smallest absolute Gasteiger partial charge is 0.353 e. The number of nitrogens with zero attached hydrogens (tertiary/aromatic N) is 1. The van der Waals surface area contributed by atoms with Gasteiger partial charge in [-0.25, -0.2) is 13.1 Å². The van der Waals surface area contributed by atoms with Crippen LogP contribution in [0.1, 0.15) is 31.2 Å². The van der Waals surface area contributed by atoms with E-state index in [1.807, 2.05) is 0 Å². The molecule has 11 heteroatoms. The molecule has 0 spiro atoms. The SMILES string of the molecule is O=C(NC1CC1)C1CCCN(C(=O)CNS(=O)(=O)c2cccc(C(F)(F)F)c2)C1. The molecule has 2 amide bonds. The van der Waals surface area contributed by atoms with Crippen molar-refractivity contribution < 1.29 is 31.2 Å². The van der Waals surface area contributed by atoms with Gasteiger partial charge in [0.25, 0.3) is 0 Å². The van der Waals surface area contributed by atoms with Crippen molar-refractivity contribution in [3.05, 3.63) is 29.8 Å². The van der Waals surface area contributed by atoms with Crippen LogP contribution in [-0.2, 0) is 25.8 Å². The van der Waals surface area contributed by atoms with Gasteiger partial charge in [-0.15, -0.1) is 0 Å². The van der Waals surface area contributed by atoms with Crippen molar-refractivity contribution >= 4 is 21.8 Å². The van der Waals surface area contributed by atoms with E-state index < -0.39 is 39.1 Å². The van der Waals surface area contributed by atoms with E-state index in [0.717, 1.165) is 31.0 Å². The Bertz CT molecular complexity index is 885. The summed E-state index contributed by atoms with van der Waals surface area (Å²) in [6.07, 6.45) is -1.49. The van der Waals surface area contributed by atoms with Gasteiger partial charge in [0.15, 0.2) is 0 Å². The minimum Gasteiger partial charge on any atom is -0.353 e. The van der Waals surface area contributed by atoms with Gasteiger partial charge in [-0.1, -0.05) is 6.07 Å². The highest BCUT2D eigenvalue weighted by Gasteiger charge is 2.33. The van der Waals surface area contributed by atoms with Crippen LogP contribution in [0.25, 0.3) is 0 Å². The van der Waals surface area contributed by atoms with Crippen LogP contribution in [0.2, 0.25) is 0 Å². The molecule has 2 aliphatic rings. The number of hydrogen-bond acceptors (Lipinski definition) is 4. The maximum absolute atomic E-state index is 12.8. The number of amides is 2. The molecule has 0 radical (unpaired) electrons. The van der Waals surface area contributed by atoms with E-state index in [-0.39, 0.29) is 24.4 Å². The van der Waals surface area contributed by atoms with Gasteiger partial charge in [-0.3, -0.25) is 9.59 Å². The highest BCUT2D eigenvalue weighted by atomic mass is 32.2. The number of alkyl halides is 3. The summed E-state index contributed by atoms with van der Waals surface area (Å²) in [6.45, 7) is 0.00947. The van der Waals surface area contributed by atoms with Crippen LogP contribution < -0.4 is 10.0 Å². The summed E-state index contributed by atoms with van der Waals surface area (Å²) in [7, 11) is -4.29. The minimum absolute atomic E-state index is 0.102. The Morgan fingerprint density at radius 1 is 1.17 bits per heavy atom. The van der Waals surface area contributed by atoms with Gasteiger partial charge in [0.2, 0.25) is 21.8 Å². The Balaban J connectivity index is 1.58. The molecule has 1 heterocycles. The first kappa shape index (κ1) is 21.6. The molecular formula is C18H22F3N3O4S. The van der Waals surface area contributed by atoms with Gasteiger partial charge in [0.05, 0.1) is 22.9 Å². The molecule has 1 aromatic rings. The van der Waals surface area contributed by atoms with E-state index in [4.69, 9.17) is 0 Å². The Morgan fingerprint density at radius 2 is 1.90 bits per heavy atom. The average molecular weight is 433 g/mol. The number of piperidine rings is 1. The van der Waals surface area contributed by atoms with Crippen LogP contribution in [0.15, 0.2) is 29.2 Å². The summed E-state index contributed by atoms with van der Waals surface area (Å²) >= 11 is 0. The maximum Gasteiger partial charge on any atom is 0.416 e. The third-order valence-electron chi connectivity index (χ3n) is 4.95. The van der Waals surface area contributed by atoms with Crippen LogP contribution in [0.4, 0.5) is 13.2 Å². The monoisotopic (exact) mass is 433 g/mol. The number of sulfonamides is 1. The van der Waals surface area contributed by atoms with Crippen LogP contribution >= 0.6 is 0 Å². The fourth-order valence-electron chi connectivity index (χ4n) is 3.16. The van der Waals surface area contributed by atoms with Crippen molar-refractivity contribution in [2.24, 2.45) is 5.92 Å². The number of rotatable bonds is 6. The predicted molar refractivity (Wildman–Crippen MR) is 97.1 cm³/mol. The van der Waals surface area contributed by atoms with E-state index in [0.29, 0.717) is 25.5 Å². The molecule has 160 valence electrons. The highest BCUT2D eigenvalue weighted by molar-refractivity contribution is 7.89. The van der Waals surface area contributed by atoms with E-state index in [1.54, 1.807) is 0 Å². The van der Waals surface area contributed by atoms with Crippen molar-refractivity contribution in [1.82, 2.24) is 14.9 Å². The molecule has 1 atom stereocenters. The summed E-state index contributed by atoms with van der Waals surface area (Å²) in [6, 6.07) is 3.53. The van der Waals surface area contributed by atoms with Crippen molar-refractivity contribution in [3.8, 4) is 0 Å². The molecule has 0 bridgehead atoms. The molecule has 1 aromatic carbocycles. The van der Waals surface area contributed by atoms with Crippen LogP contribution in [0.5, 0.6) is 0 Å². The number of halogens is 3. The third-order valence-corrected chi connectivity index (χ3v) is 6.35. The zero-order valence-electron chi connectivity index (χ0n) is 15.5. The molecule has 29 heavy (non-hydrogen) atoms. The normalized spacial score (nSPS) is 20.4. The molecule has 0 aromatic heterocycles. The third kappa shape index (κ3) is 5.69. The predicted octanol–water partition coefficient (Wildman–Crippen LogP) is 1.50. The summed E-state index contributed by atoms with van der Waals surface area (Å²) in [5.74, 6) is -0.965. The molecule has 7 nitrogen and oxygen atoms in total. The fraction of sp³-hybridized carbons (Fsp3) is 0.556. The molecule has 2 fully saturated rings. The molecular weight excluding hydrogens is 411 g/mol. The van der Waals surface area contributed by atoms with Gasteiger partial charge in [-0.05, 0) is 43.9 Å². The van der Waals surface area contributed by atoms with Gasteiger partial charge >= 0.3 is 6.18 Å². The lowest BCUT2D eigenvalue weighted by Gasteiger charge is -2.32. The topological polar surface area (TPSA) is 95.6 Å². The van der Waals surface area contributed by atoms with Gasteiger partial charge in [0, 0.05) is 19.1 Å². The lowest BCUT2D eigenvalue weighted by molar-refractivity contribution is -0.138. The highest BCUT2D eigenvalue weighted by Crippen LogP contribution is 2.30. The van der Waals surface area contributed by atoms with E-state index >= 15 is 0 Å². The van der Waals surface area contributed by atoms with Crippen LogP contribution in [0, 0.1) is 5.92 Å². The van der Waals surface area contributed by atoms with Gasteiger partial charge in [0.1, 0.15) is 0 Å². The molecule has 1 aliphatic heterocycles. The van der Waals surface area contributed by atoms with Gasteiger partial charge < -0.3 is 10.2 Å². The van der Waals surface area contributed by atoms with Crippen LogP contribution in [-0.4, -0.2) is 50.8 Å². The summed E-state index contributed by atoms with van der Waals surface area (Å²) < 4.78 is 65.0. The molecule has 2 N–H and O–H groups in total. The Kier molecular flexibility index (Phi) is 6.18. The first-order chi connectivity index (χ1) is 13.6. The van der Waals surface area contributed by atoms with Gasteiger partial charge in [-0.2, -0.15) is 13.2 Å². The summed E-state index contributed by atoms with van der Waals surface area (Å²) in [4.78, 5) is 25.4. The standard InChI is InChI=1S/C18H22F3N3O4S/c19-18(20,21)13-4-1-5-15(9-13)29(27,28)22-10-16(25)24-8-2-3-12(11-24)17(26)23-14-6-7-14/h1,4-5,9,12,14,22H,2-3,6-8,10-11H2,(H,23,26). The number of carbonyl (C=O) groups is 2. The van der Waals surface area contributed by atoms with E-state index in [2.05, 4.69) is 10.0 Å². The minimum atomic E-state index is -4.68. The second-order valence-electron chi connectivity index (χ2n) is 7.31. The second-order valence-corrected chi connectivity index (χ2v) is 9.08. The van der Waals surface area contributed by atoms with Crippen molar-refractivity contribution in [2.45, 2.75) is 42.8 Å². The second kappa shape index (κ2) is 8.31. The number of nitrogens with one attached hydrogen (secondary N) is 2. The molecule has 1 aliphatic carbocycles. The van der Waals surface area contributed by atoms with Crippen molar-refractivity contribution in [3.63, 3.8) is 0 Å². The number of carbonyl (C=O) groups excluding carboxylic acids is 2. The number of likely N-dealkylation sites (tertiary alicyclic amines) is 1.